The number of aliphatic carboxylic acids is 1. The summed E-state index contributed by atoms with van der Waals surface area (Å²) in [5.41, 5.74) is 0. The molecule has 0 saturated heterocycles. The van der Waals surface area contributed by atoms with Crippen molar-refractivity contribution in [3.8, 4) is 11.5 Å². The van der Waals surface area contributed by atoms with E-state index in [1.165, 1.54) is 51.4 Å². The molecular weight excluding hydrogens is 372 g/mol. The first kappa shape index (κ1) is 25.2. The molecule has 0 saturated carbocycles. The summed E-state index contributed by atoms with van der Waals surface area (Å²) >= 11 is 0. The maximum atomic E-state index is 10.7. The standard InChI is InChI=1S/C23H38O6/c24-20-16-13-14-17-21(20)28-19-15-11-9-7-5-3-1-2-4-6-8-10-12-18-22(29-27)23(25)26/h13-14,16-17,22,24,27H,1-12,15,18-19H2,(H,25,26). The molecule has 166 valence electrons. The van der Waals surface area contributed by atoms with Gasteiger partial charge >= 0.3 is 5.97 Å². The Hall–Kier alpha value is -1.79. The van der Waals surface area contributed by atoms with Gasteiger partial charge in [0.05, 0.1) is 6.61 Å². The van der Waals surface area contributed by atoms with Crippen molar-refractivity contribution in [2.75, 3.05) is 6.61 Å². The molecule has 0 aromatic heterocycles. The quantitative estimate of drug-likeness (QED) is 0.143. The van der Waals surface area contributed by atoms with Crippen molar-refractivity contribution in [1.82, 2.24) is 0 Å². The number of ether oxygens (including phenoxy) is 1. The molecule has 0 fully saturated rings. The minimum atomic E-state index is -1.10. The van der Waals surface area contributed by atoms with Crippen molar-refractivity contribution in [3.63, 3.8) is 0 Å². The zero-order chi connectivity index (χ0) is 21.2. The number of carboxylic acid groups (broad SMARTS) is 1. The zero-order valence-corrected chi connectivity index (χ0v) is 17.6. The summed E-state index contributed by atoms with van der Waals surface area (Å²) < 4.78 is 5.58. The Morgan fingerprint density at radius 2 is 1.28 bits per heavy atom. The van der Waals surface area contributed by atoms with Crippen LogP contribution in [0.2, 0.25) is 0 Å². The van der Waals surface area contributed by atoms with Gasteiger partial charge in [0.15, 0.2) is 17.6 Å². The van der Waals surface area contributed by atoms with Gasteiger partial charge in [-0.2, -0.15) is 0 Å². The van der Waals surface area contributed by atoms with Crippen LogP contribution in [0.15, 0.2) is 24.3 Å². The Kier molecular flexibility index (Phi) is 14.9. The van der Waals surface area contributed by atoms with Crippen molar-refractivity contribution in [1.29, 1.82) is 0 Å². The molecule has 1 aromatic carbocycles. The molecule has 1 atom stereocenters. The van der Waals surface area contributed by atoms with Crippen molar-refractivity contribution < 1.29 is 29.9 Å². The molecule has 0 amide bonds. The van der Waals surface area contributed by atoms with E-state index in [0.29, 0.717) is 18.8 Å². The van der Waals surface area contributed by atoms with E-state index in [-0.39, 0.29) is 5.75 Å². The van der Waals surface area contributed by atoms with E-state index >= 15 is 0 Å². The summed E-state index contributed by atoms with van der Waals surface area (Å²) in [6.45, 7) is 0.654. The number of aromatic hydroxyl groups is 1. The van der Waals surface area contributed by atoms with E-state index in [0.717, 1.165) is 32.1 Å². The molecule has 1 unspecified atom stereocenters. The van der Waals surface area contributed by atoms with Crippen LogP contribution in [0.25, 0.3) is 0 Å². The minimum absolute atomic E-state index is 0.204. The lowest BCUT2D eigenvalue weighted by Crippen LogP contribution is -2.22. The maximum absolute atomic E-state index is 10.7. The number of phenols is 1. The third kappa shape index (κ3) is 13.1. The molecule has 0 aliphatic rings. The Bertz CT molecular complexity index is 534. The molecule has 6 heteroatoms. The number of rotatable bonds is 19. The normalized spacial score (nSPS) is 12.0. The number of unbranched alkanes of at least 4 members (excludes halogenated alkanes) is 12. The fourth-order valence-electron chi connectivity index (χ4n) is 3.36. The molecular formula is C23H38O6. The molecule has 0 spiro atoms. The van der Waals surface area contributed by atoms with Gasteiger partial charge < -0.3 is 14.9 Å². The van der Waals surface area contributed by atoms with Gasteiger partial charge in [-0.15, -0.1) is 0 Å². The van der Waals surface area contributed by atoms with Gasteiger partial charge in [0, 0.05) is 0 Å². The van der Waals surface area contributed by atoms with Crippen LogP contribution in [0.3, 0.4) is 0 Å². The van der Waals surface area contributed by atoms with Crippen molar-refractivity contribution in [2.24, 2.45) is 0 Å². The van der Waals surface area contributed by atoms with Crippen LogP contribution >= 0.6 is 0 Å². The molecule has 0 bridgehead atoms. The predicted molar refractivity (Wildman–Crippen MR) is 113 cm³/mol. The number of carboxylic acids is 1. The summed E-state index contributed by atoms with van der Waals surface area (Å²) in [7, 11) is 0. The number of carbonyl (C=O) groups is 1. The second-order valence-corrected chi connectivity index (χ2v) is 7.63. The molecule has 0 aliphatic carbocycles. The van der Waals surface area contributed by atoms with Gasteiger partial charge in [-0.3, -0.25) is 5.26 Å². The van der Waals surface area contributed by atoms with Crippen LogP contribution in [0, 0.1) is 0 Å². The highest BCUT2D eigenvalue weighted by molar-refractivity contribution is 5.72. The summed E-state index contributed by atoms with van der Waals surface area (Å²) in [6.07, 6.45) is 14.4. The van der Waals surface area contributed by atoms with Gasteiger partial charge in [0.2, 0.25) is 0 Å². The van der Waals surface area contributed by atoms with Gasteiger partial charge in [0.1, 0.15) is 0 Å². The van der Waals surface area contributed by atoms with E-state index in [9.17, 15) is 9.90 Å². The van der Waals surface area contributed by atoms with Crippen LogP contribution in [-0.4, -0.2) is 34.2 Å². The average Bonchev–Trinajstić information content (AvgIpc) is 2.71. The molecule has 0 aliphatic heterocycles. The predicted octanol–water partition coefficient (Wildman–Crippen LogP) is 6.18. The summed E-state index contributed by atoms with van der Waals surface area (Å²) in [4.78, 5) is 14.6. The maximum Gasteiger partial charge on any atom is 0.336 e. The second-order valence-electron chi connectivity index (χ2n) is 7.63. The number of benzene rings is 1. The van der Waals surface area contributed by atoms with Crippen molar-refractivity contribution in [3.05, 3.63) is 24.3 Å². The van der Waals surface area contributed by atoms with Crippen LogP contribution < -0.4 is 4.74 Å². The Morgan fingerprint density at radius 3 is 1.76 bits per heavy atom. The topological polar surface area (TPSA) is 96.2 Å². The Morgan fingerprint density at radius 1 is 0.793 bits per heavy atom. The second kappa shape index (κ2) is 17.1. The third-order valence-electron chi connectivity index (χ3n) is 5.14. The highest BCUT2D eigenvalue weighted by Gasteiger charge is 2.16. The molecule has 0 heterocycles. The lowest BCUT2D eigenvalue weighted by molar-refractivity contribution is -0.277. The first-order valence-electron chi connectivity index (χ1n) is 11.1. The number of hydrogen-bond acceptors (Lipinski definition) is 5. The first-order chi connectivity index (χ1) is 14.1. The van der Waals surface area contributed by atoms with Gasteiger partial charge in [-0.05, 0) is 25.0 Å². The van der Waals surface area contributed by atoms with Crippen LogP contribution in [0.1, 0.15) is 89.9 Å². The van der Waals surface area contributed by atoms with Crippen LogP contribution in [0.5, 0.6) is 11.5 Å². The average molecular weight is 411 g/mol. The monoisotopic (exact) mass is 410 g/mol. The van der Waals surface area contributed by atoms with Crippen LogP contribution in [-0.2, 0) is 9.68 Å². The fraction of sp³-hybridized carbons (Fsp3) is 0.696. The molecule has 3 N–H and O–H groups in total. The third-order valence-corrected chi connectivity index (χ3v) is 5.14. The molecule has 1 aromatic rings. The Balaban J connectivity index is 1.78. The smallest absolute Gasteiger partial charge is 0.336 e. The molecule has 0 radical (unpaired) electrons. The lowest BCUT2D eigenvalue weighted by atomic mass is 10.0. The Labute approximate surface area is 174 Å². The van der Waals surface area contributed by atoms with Crippen molar-refractivity contribution >= 4 is 5.97 Å². The first-order valence-corrected chi connectivity index (χ1v) is 11.1. The summed E-state index contributed by atoms with van der Waals surface area (Å²) in [5.74, 6) is -0.333. The lowest BCUT2D eigenvalue weighted by Gasteiger charge is -2.08. The SMILES string of the molecule is O=C(O)C(CCCCCCCCCCCCCCCOc1ccccc1O)OO. The van der Waals surface area contributed by atoms with Gasteiger partial charge in [0.25, 0.3) is 0 Å². The van der Waals surface area contributed by atoms with Gasteiger partial charge in [-0.25, -0.2) is 9.68 Å². The van der Waals surface area contributed by atoms with Crippen LogP contribution in [0.4, 0.5) is 0 Å². The number of hydrogen-bond donors (Lipinski definition) is 3. The molecule has 1 rings (SSSR count). The molecule has 6 nitrogen and oxygen atoms in total. The summed E-state index contributed by atoms with van der Waals surface area (Å²) in [6, 6.07) is 7.08. The fourth-order valence-corrected chi connectivity index (χ4v) is 3.36. The van der Waals surface area contributed by atoms with E-state index in [2.05, 4.69) is 4.89 Å². The van der Waals surface area contributed by atoms with E-state index in [1.807, 2.05) is 6.07 Å². The highest BCUT2D eigenvalue weighted by Crippen LogP contribution is 2.24. The van der Waals surface area contributed by atoms with Crippen molar-refractivity contribution in [2.45, 2.75) is 96.0 Å². The van der Waals surface area contributed by atoms with E-state index < -0.39 is 12.1 Å². The van der Waals surface area contributed by atoms with E-state index in [4.69, 9.17) is 15.1 Å². The number of para-hydroxylation sites is 2. The summed E-state index contributed by atoms with van der Waals surface area (Å²) in [5, 5.41) is 26.8. The minimum Gasteiger partial charge on any atom is -0.504 e. The van der Waals surface area contributed by atoms with Gasteiger partial charge in [-0.1, -0.05) is 89.2 Å². The zero-order valence-electron chi connectivity index (χ0n) is 17.6. The largest absolute Gasteiger partial charge is 0.504 e. The number of phenolic OH excluding ortho intramolecular Hbond substituents is 1. The van der Waals surface area contributed by atoms with E-state index in [1.54, 1.807) is 18.2 Å². The highest BCUT2D eigenvalue weighted by atomic mass is 17.1. The molecule has 29 heavy (non-hydrogen) atoms.